The minimum absolute atomic E-state index is 0.00599. The number of halogens is 7. The molecule has 0 unspecified atom stereocenters. The molecule has 1 nitrogen and oxygen atoms in total. The molecule has 25 heavy (non-hydrogen) atoms. The quantitative estimate of drug-likeness (QED) is 0.287. The van der Waals surface area contributed by atoms with E-state index in [0.717, 1.165) is 12.1 Å². The van der Waals surface area contributed by atoms with E-state index in [-0.39, 0.29) is 24.1 Å². The molecule has 0 radical (unpaired) electrons. The van der Waals surface area contributed by atoms with Crippen molar-refractivity contribution in [3.63, 3.8) is 0 Å². The number of hydrogen-bond acceptors (Lipinski definition) is 2. The highest BCUT2D eigenvalue weighted by atomic mass is 32.2. The molecule has 0 amide bonds. The Morgan fingerprint density at radius 1 is 0.840 bits per heavy atom. The van der Waals surface area contributed by atoms with Crippen LogP contribution in [0.1, 0.15) is 19.4 Å². The van der Waals surface area contributed by atoms with Gasteiger partial charge in [-0.25, -0.2) is 35.0 Å². The van der Waals surface area contributed by atoms with Crippen LogP contribution in [0.5, 0.6) is 0 Å². The van der Waals surface area contributed by atoms with Gasteiger partial charge in [0, 0.05) is 24.2 Å². The third-order valence-electron chi connectivity index (χ3n) is 3.30. The van der Waals surface area contributed by atoms with Gasteiger partial charge < -0.3 is 0 Å². The van der Waals surface area contributed by atoms with E-state index < -0.39 is 51.7 Å². The predicted molar refractivity (Wildman–Crippen MR) is 79.1 cm³/mol. The fourth-order valence-electron chi connectivity index (χ4n) is 1.92. The van der Waals surface area contributed by atoms with Crippen molar-refractivity contribution >= 4 is 11.9 Å². The molecule has 0 N–H and O–H groups in total. The molecule has 2 aromatic rings. The Bertz CT molecular complexity index is 766. The first kappa shape index (κ1) is 19.6. The first-order chi connectivity index (χ1) is 11.6. The summed E-state index contributed by atoms with van der Waals surface area (Å²) < 4.78 is 95.2. The monoisotopic (exact) mass is 383 g/mol. The normalized spacial score (nSPS) is 11.6. The van der Waals surface area contributed by atoms with E-state index in [0.29, 0.717) is 6.07 Å². The summed E-state index contributed by atoms with van der Waals surface area (Å²) >= 11 is 0.271. The Kier molecular flexibility index (Phi) is 5.99. The molecule has 0 atom stereocenters. The number of benzene rings is 2. The Hall–Kier alpha value is -1.74. The average molecular weight is 383 g/mol. The maximum atomic E-state index is 13.8. The predicted octanol–water partition coefficient (Wildman–Crippen LogP) is 5.58. The van der Waals surface area contributed by atoms with Gasteiger partial charge in [0.2, 0.25) is 5.82 Å². The van der Waals surface area contributed by atoms with E-state index in [1.165, 1.54) is 4.31 Å². The van der Waals surface area contributed by atoms with Gasteiger partial charge in [-0.15, -0.1) is 0 Å². The van der Waals surface area contributed by atoms with Crippen LogP contribution >= 0.6 is 11.9 Å². The number of nitrogens with zero attached hydrogens (tertiary/aromatic N) is 1. The van der Waals surface area contributed by atoms with Crippen LogP contribution in [0, 0.1) is 40.7 Å². The average Bonchev–Trinajstić information content (AvgIpc) is 2.55. The minimum atomic E-state index is -2.25. The lowest BCUT2D eigenvalue weighted by Crippen LogP contribution is -2.24. The Labute approximate surface area is 143 Å². The SMILES string of the molecule is CC(C)N(Cc1ccc(F)cc1F)Sc1c(F)c(F)c(F)c(F)c1F. The van der Waals surface area contributed by atoms with Crippen LogP contribution in [0.4, 0.5) is 30.7 Å². The molecule has 0 saturated carbocycles. The Morgan fingerprint density at radius 2 is 1.36 bits per heavy atom. The fraction of sp³-hybridized carbons (Fsp3) is 0.250. The van der Waals surface area contributed by atoms with Crippen LogP contribution in [-0.4, -0.2) is 10.3 Å². The highest BCUT2D eigenvalue weighted by molar-refractivity contribution is 7.97. The summed E-state index contributed by atoms with van der Waals surface area (Å²) in [5.74, 6) is -12.0. The van der Waals surface area contributed by atoms with Crippen LogP contribution in [0.2, 0.25) is 0 Å². The maximum absolute atomic E-state index is 13.8. The molecule has 9 heteroatoms. The van der Waals surface area contributed by atoms with E-state index in [1.807, 2.05) is 0 Å². The summed E-state index contributed by atoms with van der Waals surface area (Å²) in [5.41, 5.74) is 0.00599. The van der Waals surface area contributed by atoms with E-state index >= 15 is 0 Å². The molecule has 2 rings (SSSR count). The third-order valence-corrected chi connectivity index (χ3v) is 4.62. The van der Waals surface area contributed by atoms with Gasteiger partial charge in [0.25, 0.3) is 0 Å². The van der Waals surface area contributed by atoms with Gasteiger partial charge in [-0.3, -0.25) is 0 Å². The van der Waals surface area contributed by atoms with Gasteiger partial charge in [0.1, 0.15) is 16.5 Å². The molecule has 0 heterocycles. The molecule has 0 fully saturated rings. The highest BCUT2D eigenvalue weighted by Crippen LogP contribution is 2.35. The summed E-state index contributed by atoms with van der Waals surface area (Å²) in [5, 5.41) is 0. The number of rotatable bonds is 5. The summed E-state index contributed by atoms with van der Waals surface area (Å²) in [6.45, 7) is 2.93. The van der Waals surface area contributed by atoms with E-state index in [4.69, 9.17) is 0 Å². The highest BCUT2D eigenvalue weighted by Gasteiger charge is 2.28. The van der Waals surface area contributed by atoms with Crippen LogP contribution in [0.3, 0.4) is 0 Å². The molecule has 0 aliphatic carbocycles. The van der Waals surface area contributed by atoms with Crippen LogP contribution in [0.15, 0.2) is 23.1 Å². The van der Waals surface area contributed by atoms with Crippen molar-refractivity contribution in [1.29, 1.82) is 0 Å². The van der Waals surface area contributed by atoms with E-state index in [2.05, 4.69) is 0 Å². The molecule has 2 aromatic carbocycles. The van der Waals surface area contributed by atoms with Crippen molar-refractivity contribution in [3.05, 3.63) is 64.5 Å². The molecule has 0 aliphatic heterocycles. The summed E-state index contributed by atoms with van der Waals surface area (Å²) in [6, 6.07) is 2.32. The van der Waals surface area contributed by atoms with Crippen LogP contribution < -0.4 is 0 Å². The van der Waals surface area contributed by atoms with Gasteiger partial charge in [-0.05, 0) is 31.9 Å². The topological polar surface area (TPSA) is 3.24 Å². The largest absolute Gasteiger partial charge is 0.239 e. The summed E-state index contributed by atoms with van der Waals surface area (Å²) in [7, 11) is 0. The van der Waals surface area contributed by atoms with Crippen molar-refractivity contribution < 1.29 is 30.7 Å². The zero-order chi connectivity index (χ0) is 18.9. The number of hydrogen-bond donors (Lipinski definition) is 0. The van der Waals surface area contributed by atoms with E-state index in [9.17, 15) is 30.7 Å². The van der Waals surface area contributed by atoms with Gasteiger partial charge in [-0.2, -0.15) is 0 Å². The van der Waals surface area contributed by atoms with Crippen LogP contribution in [0.25, 0.3) is 0 Å². The van der Waals surface area contributed by atoms with E-state index in [1.54, 1.807) is 13.8 Å². The lowest BCUT2D eigenvalue weighted by Gasteiger charge is -2.26. The maximum Gasteiger partial charge on any atom is 0.200 e. The van der Waals surface area contributed by atoms with Gasteiger partial charge >= 0.3 is 0 Å². The molecule has 136 valence electrons. The fourth-order valence-corrected chi connectivity index (χ4v) is 2.91. The summed E-state index contributed by atoms with van der Waals surface area (Å²) in [6.07, 6.45) is 0. The standard InChI is InChI=1S/C16H12F7NS/c1-7(2)24(6-8-3-4-9(17)5-10(8)18)25-16-14(22)12(20)11(19)13(21)15(16)23/h3-5,7H,6H2,1-2H3. The molecule has 0 spiro atoms. The van der Waals surface area contributed by atoms with Gasteiger partial charge in [0.15, 0.2) is 23.3 Å². The molecule has 0 saturated heterocycles. The van der Waals surface area contributed by atoms with Gasteiger partial charge in [0.05, 0.1) is 0 Å². The van der Waals surface area contributed by atoms with Crippen LogP contribution in [-0.2, 0) is 6.54 Å². The molecular formula is C16H12F7NS. The lowest BCUT2D eigenvalue weighted by molar-refractivity contribution is 0.352. The third kappa shape index (κ3) is 4.09. The first-order valence-electron chi connectivity index (χ1n) is 7.03. The van der Waals surface area contributed by atoms with Crippen molar-refractivity contribution in [2.75, 3.05) is 0 Å². The molecule has 0 aliphatic rings. The Morgan fingerprint density at radius 3 is 1.84 bits per heavy atom. The molecular weight excluding hydrogens is 371 g/mol. The second kappa shape index (κ2) is 7.65. The Balaban J connectivity index is 2.38. The lowest BCUT2D eigenvalue weighted by atomic mass is 10.2. The zero-order valence-electron chi connectivity index (χ0n) is 13.0. The first-order valence-corrected chi connectivity index (χ1v) is 7.80. The summed E-state index contributed by atoms with van der Waals surface area (Å²) in [4.78, 5) is -1.09. The second-order valence-electron chi connectivity index (χ2n) is 5.39. The van der Waals surface area contributed by atoms with Gasteiger partial charge in [-0.1, -0.05) is 6.07 Å². The zero-order valence-corrected chi connectivity index (χ0v) is 13.8. The minimum Gasteiger partial charge on any atom is -0.239 e. The van der Waals surface area contributed by atoms with Crippen molar-refractivity contribution in [2.45, 2.75) is 31.3 Å². The smallest absolute Gasteiger partial charge is 0.200 e. The van der Waals surface area contributed by atoms with Crippen molar-refractivity contribution in [2.24, 2.45) is 0 Å². The van der Waals surface area contributed by atoms with Crippen molar-refractivity contribution in [3.8, 4) is 0 Å². The second-order valence-corrected chi connectivity index (χ2v) is 6.45. The van der Waals surface area contributed by atoms with Crippen molar-refractivity contribution in [1.82, 2.24) is 4.31 Å². The molecule has 0 bridgehead atoms. The molecule has 0 aromatic heterocycles.